The van der Waals surface area contributed by atoms with Gasteiger partial charge in [0.15, 0.2) is 0 Å². The van der Waals surface area contributed by atoms with Gasteiger partial charge in [0.25, 0.3) is 0 Å². The number of carbonyl (C=O) groups excluding carboxylic acids is 1. The number of likely N-dealkylation sites (tertiary alicyclic amines) is 1. The molecular formula is C8H16N2O. The highest BCUT2D eigenvalue weighted by Gasteiger charge is 2.30. The van der Waals surface area contributed by atoms with E-state index < -0.39 is 0 Å². The second kappa shape index (κ2) is 3.22. The summed E-state index contributed by atoms with van der Waals surface area (Å²) < 4.78 is 0. The minimum Gasteiger partial charge on any atom is -0.345 e. The topological polar surface area (TPSA) is 46.3 Å². The van der Waals surface area contributed by atoms with E-state index in [0.717, 1.165) is 13.0 Å². The van der Waals surface area contributed by atoms with E-state index in [2.05, 4.69) is 6.92 Å². The summed E-state index contributed by atoms with van der Waals surface area (Å²) in [4.78, 5) is 13.2. The predicted molar refractivity (Wildman–Crippen MR) is 44.0 cm³/mol. The van der Waals surface area contributed by atoms with Crippen LogP contribution in [0, 0.1) is 11.8 Å². The van der Waals surface area contributed by atoms with E-state index in [4.69, 9.17) is 5.73 Å². The first kappa shape index (κ1) is 8.53. The SMILES string of the molecule is C[C@@H]1CCN(C)C(=O)[C@H]1CN. The first-order chi connectivity index (χ1) is 5.16. The lowest BCUT2D eigenvalue weighted by Gasteiger charge is -2.33. The zero-order chi connectivity index (χ0) is 8.43. The molecule has 0 saturated carbocycles. The number of piperidine rings is 1. The normalized spacial score (nSPS) is 32.6. The van der Waals surface area contributed by atoms with Crippen molar-refractivity contribution in [1.29, 1.82) is 0 Å². The second-order valence-electron chi connectivity index (χ2n) is 3.37. The molecule has 1 aliphatic heterocycles. The smallest absolute Gasteiger partial charge is 0.226 e. The molecule has 1 saturated heterocycles. The maximum atomic E-state index is 11.4. The van der Waals surface area contributed by atoms with Crippen LogP contribution in [-0.2, 0) is 4.79 Å². The fraction of sp³-hybridized carbons (Fsp3) is 0.875. The van der Waals surface area contributed by atoms with Crippen molar-refractivity contribution in [1.82, 2.24) is 4.90 Å². The minimum atomic E-state index is 0.0637. The van der Waals surface area contributed by atoms with Gasteiger partial charge in [0.1, 0.15) is 0 Å². The quantitative estimate of drug-likeness (QED) is 0.583. The van der Waals surface area contributed by atoms with E-state index in [0.29, 0.717) is 12.5 Å². The Morgan fingerprint density at radius 1 is 1.73 bits per heavy atom. The van der Waals surface area contributed by atoms with Gasteiger partial charge in [-0.25, -0.2) is 0 Å². The summed E-state index contributed by atoms with van der Waals surface area (Å²) in [6.07, 6.45) is 1.09. The van der Waals surface area contributed by atoms with E-state index in [1.54, 1.807) is 4.90 Å². The van der Waals surface area contributed by atoms with Gasteiger partial charge >= 0.3 is 0 Å². The molecule has 2 atom stereocenters. The van der Waals surface area contributed by atoms with Gasteiger partial charge in [-0.15, -0.1) is 0 Å². The maximum absolute atomic E-state index is 11.4. The molecule has 1 rings (SSSR count). The van der Waals surface area contributed by atoms with E-state index in [1.165, 1.54) is 0 Å². The monoisotopic (exact) mass is 156 g/mol. The summed E-state index contributed by atoms with van der Waals surface area (Å²) >= 11 is 0. The number of hydrogen-bond acceptors (Lipinski definition) is 2. The number of nitrogens with two attached hydrogens (primary N) is 1. The highest BCUT2D eigenvalue weighted by atomic mass is 16.2. The first-order valence-electron chi connectivity index (χ1n) is 4.12. The molecule has 0 aromatic carbocycles. The number of hydrogen-bond donors (Lipinski definition) is 1. The van der Waals surface area contributed by atoms with Gasteiger partial charge in [-0.2, -0.15) is 0 Å². The molecule has 0 spiro atoms. The lowest BCUT2D eigenvalue weighted by Crippen LogP contribution is -2.45. The highest BCUT2D eigenvalue weighted by Crippen LogP contribution is 2.21. The van der Waals surface area contributed by atoms with Crippen LogP contribution in [0.5, 0.6) is 0 Å². The van der Waals surface area contributed by atoms with Crippen LogP contribution < -0.4 is 5.73 Å². The highest BCUT2D eigenvalue weighted by molar-refractivity contribution is 5.79. The molecule has 0 radical (unpaired) electrons. The standard InChI is InChI=1S/C8H16N2O/c1-6-3-4-10(2)8(11)7(6)5-9/h6-7H,3-5,9H2,1-2H3/t6-,7+/m1/s1. The van der Waals surface area contributed by atoms with Gasteiger partial charge < -0.3 is 10.6 Å². The number of rotatable bonds is 1. The molecule has 1 heterocycles. The summed E-state index contributed by atoms with van der Waals surface area (Å²) in [7, 11) is 1.84. The van der Waals surface area contributed by atoms with E-state index in [9.17, 15) is 4.79 Å². The van der Waals surface area contributed by atoms with E-state index in [1.807, 2.05) is 7.05 Å². The molecule has 0 aromatic rings. The van der Waals surface area contributed by atoms with Crippen LogP contribution in [0.25, 0.3) is 0 Å². The Bertz CT molecular complexity index is 158. The Kier molecular flexibility index (Phi) is 2.49. The van der Waals surface area contributed by atoms with Crippen molar-refractivity contribution in [3.63, 3.8) is 0 Å². The molecule has 0 aliphatic carbocycles. The molecule has 64 valence electrons. The lowest BCUT2D eigenvalue weighted by molar-refractivity contribution is -0.138. The van der Waals surface area contributed by atoms with Crippen LogP contribution in [0.1, 0.15) is 13.3 Å². The van der Waals surface area contributed by atoms with Crippen molar-refractivity contribution in [2.75, 3.05) is 20.1 Å². The molecule has 0 aromatic heterocycles. The summed E-state index contributed by atoms with van der Waals surface area (Å²) in [5.41, 5.74) is 5.50. The third-order valence-corrected chi connectivity index (χ3v) is 2.55. The van der Waals surface area contributed by atoms with Crippen LogP contribution in [0.3, 0.4) is 0 Å². The summed E-state index contributed by atoms with van der Waals surface area (Å²) in [6, 6.07) is 0. The Balaban J connectivity index is 2.63. The van der Waals surface area contributed by atoms with Crippen molar-refractivity contribution in [3.8, 4) is 0 Å². The van der Waals surface area contributed by atoms with Crippen molar-refractivity contribution in [2.24, 2.45) is 17.6 Å². The van der Waals surface area contributed by atoms with Gasteiger partial charge in [0.05, 0.1) is 5.92 Å². The van der Waals surface area contributed by atoms with Crippen LogP contribution >= 0.6 is 0 Å². The van der Waals surface area contributed by atoms with Gasteiger partial charge in [-0.3, -0.25) is 4.79 Å². The largest absolute Gasteiger partial charge is 0.345 e. The zero-order valence-corrected chi connectivity index (χ0v) is 7.21. The molecule has 2 N–H and O–H groups in total. The fourth-order valence-electron chi connectivity index (χ4n) is 1.57. The summed E-state index contributed by atoms with van der Waals surface area (Å²) in [5.74, 6) is 0.740. The van der Waals surface area contributed by atoms with Gasteiger partial charge in [0, 0.05) is 20.1 Å². The van der Waals surface area contributed by atoms with Crippen molar-refractivity contribution in [3.05, 3.63) is 0 Å². The Hall–Kier alpha value is -0.570. The maximum Gasteiger partial charge on any atom is 0.226 e. The zero-order valence-electron chi connectivity index (χ0n) is 7.21. The van der Waals surface area contributed by atoms with Gasteiger partial charge in [-0.1, -0.05) is 6.92 Å². The molecule has 3 nitrogen and oxygen atoms in total. The molecule has 3 heteroatoms. The summed E-state index contributed by atoms with van der Waals surface area (Å²) in [6.45, 7) is 3.48. The van der Waals surface area contributed by atoms with Crippen LogP contribution in [0.2, 0.25) is 0 Å². The average molecular weight is 156 g/mol. The van der Waals surface area contributed by atoms with Gasteiger partial charge in [0.2, 0.25) is 5.91 Å². The third kappa shape index (κ3) is 1.53. The van der Waals surface area contributed by atoms with Crippen LogP contribution in [0.4, 0.5) is 0 Å². The average Bonchev–Trinajstić information content (AvgIpc) is 1.99. The van der Waals surface area contributed by atoms with Crippen LogP contribution in [-0.4, -0.2) is 30.9 Å². The fourth-order valence-corrected chi connectivity index (χ4v) is 1.57. The molecule has 1 fully saturated rings. The Morgan fingerprint density at radius 3 is 2.82 bits per heavy atom. The molecule has 11 heavy (non-hydrogen) atoms. The molecule has 1 aliphatic rings. The second-order valence-corrected chi connectivity index (χ2v) is 3.37. The van der Waals surface area contributed by atoms with Crippen molar-refractivity contribution < 1.29 is 4.79 Å². The molecule has 0 unspecified atom stereocenters. The summed E-state index contributed by atoms with van der Waals surface area (Å²) in [5, 5.41) is 0. The Labute approximate surface area is 67.5 Å². The third-order valence-electron chi connectivity index (χ3n) is 2.55. The van der Waals surface area contributed by atoms with Gasteiger partial charge in [-0.05, 0) is 12.3 Å². The van der Waals surface area contributed by atoms with Crippen LogP contribution in [0.15, 0.2) is 0 Å². The molecule has 0 bridgehead atoms. The molecular weight excluding hydrogens is 140 g/mol. The predicted octanol–water partition coefficient (Wildman–Crippen LogP) is 0.0595. The van der Waals surface area contributed by atoms with Crippen molar-refractivity contribution >= 4 is 5.91 Å². The lowest BCUT2D eigenvalue weighted by atomic mass is 9.87. The minimum absolute atomic E-state index is 0.0637. The van der Waals surface area contributed by atoms with E-state index >= 15 is 0 Å². The Morgan fingerprint density at radius 2 is 2.36 bits per heavy atom. The number of amides is 1. The number of nitrogens with zero attached hydrogens (tertiary/aromatic N) is 1. The van der Waals surface area contributed by atoms with E-state index in [-0.39, 0.29) is 11.8 Å². The molecule has 1 amide bonds. The first-order valence-corrected chi connectivity index (χ1v) is 4.12. The number of carbonyl (C=O) groups is 1. The van der Waals surface area contributed by atoms with Crippen molar-refractivity contribution in [2.45, 2.75) is 13.3 Å².